The summed E-state index contributed by atoms with van der Waals surface area (Å²) >= 11 is 0. The van der Waals surface area contributed by atoms with E-state index in [9.17, 15) is 26.8 Å². The minimum atomic E-state index is -5.69. The standard InChI is InChI=1S/C11H16F2O7S/c1-7(2)8(14)19-5-10(3,4)9(15)20-6-11(12,13)21(16,17)18/h1,5-6H2,2-4H3,(H,16,17,18). The van der Waals surface area contributed by atoms with Crippen molar-refractivity contribution >= 4 is 22.1 Å². The molecule has 0 aliphatic rings. The molecule has 122 valence electrons. The Bertz CT molecular complexity index is 537. The van der Waals surface area contributed by atoms with Gasteiger partial charge in [0.05, 0.1) is 5.41 Å². The van der Waals surface area contributed by atoms with Crippen LogP contribution >= 0.6 is 0 Å². The largest absolute Gasteiger partial charge is 0.461 e. The summed E-state index contributed by atoms with van der Waals surface area (Å²) < 4.78 is 63.5. The van der Waals surface area contributed by atoms with Gasteiger partial charge >= 0.3 is 27.3 Å². The Morgan fingerprint density at radius 2 is 1.67 bits per heavy atom. The molecule has 0 amide bonds. The number of esters is 2. The molecule has 0 aromatic carbocycles. The molecule has 0 aliphatic heterocycles. The lowest BCUT2D eigenvalue weighted by atomic mass is 9.95. The molecule has 0 saturated heterocycles. The maximum absolute atomic E-state index is 12.9. The molecular formula is C11H16F2O7S. The topological polar surface area (TPSA) is 107 Å². The van der Waals surface area contributed by atoms with Crippen LogP contribution in [0.1, 0.15) is 20.8 Å². The Kier molecular flexibility index (Phi) is 6.00. The Morgan fingerprint density at radius 3 is 2.05 bits per heavy atom. The first-order valence-corrected chi connectivity index (χ1v) is 6.99. The van der Waals surface area contributed by atoms with Crippen molar-refractivity contribution in [3.05, 3.63) is 12.2 Å². The number of halogens is 2. The van der Waals surface area contributed by atoms with Gasteiger partial charge in [0.15, 0.2) is 6.61 Å². The molecule has 0 saturated carbocycles. The lowest BCUT2D eigenvalue weighted by molar-refractivity contribution is -0.165. The van der Waals surface area contributed by atoms with Crippen LogP contribution in [0, 0.1) is 5.41 Å². The summed E-state index contributed by atoms with van der Waals surface area (Å²) in [6.07, 6.45) is 0. The van der Waals surface area contributed by atoms with Crippen LogP contribution in [0.3, 0.4) is 0 Å². The minimum absolute atomic E-state index is 0.0806. The van der Waals surface area contributed by atoms with E-state index in [1.54, 1.807) is 0 Å². The quantitative estimate of drug-likeness (QED) is 0.424. The third-order valence-corrected chi connectivity index (χ3v) is 3.09. The number of rotatable bonds is 7. The van der Waals surface area contributed by atoms with E-state index in [0.717, 1.165) is 0 Å². The summed E-state index contributed by atoms with van der Waals surface area (Å²) in [7, 11) is -5.69. The van der Waals surface area contributed by atoms with Crippen molar-refractivity contribution in [3.8, 4) is 0 Å². The zero-order chi connectivity index (χ0) is 17.1. The van der Waals surface area contributed by atoms with Gasteiger partial charge in [-0.2, -0.15) is 17.2 Å². The molecule has 10 heteroatoms. The minimum Gasteiger partial charge on any atom is -0.461 e. The SMILES string of the molecule is C=C(C)C(=O)OCC(C)(C)C(=O)OCC(F)(F)S(=O)(=O)O. The molecule has 0 aromatic heterocycles. The molecule has 21 heavy (non-hydrogen) atoms. The van der Waals surface area contributed by atoms with Crippen LogP contribution in [-0.2, 0) is 29.2 Å². The molecule has 0 heterocycles. The highest BCUT2D eigenvalue weighted by molar-refractivity contribution is 7.86. The van der Waals surface area contributed by atoms with Crippen LogP contribution in [-0.4, -0.2) is 43.4 Å². The van der Waals surface area contributed by atoms with E-state index in [-0.39, 0.29) is 5.57 Å². The molecule has 0 atom stereocenters. The molecule has 0 fully saturated rings. The summed E-state index contributed by atoms with van der Waals surface area (Å²) in [4.78, 5) is 22.7. The van der Waals surface area contributed by atoms with Crippen molar-refractivity contribution < 1.29 is 40.8 Å². The van der Waals surface area contributed by atoms with Gasteiger partial charge in [0, 0.05) is 5.57 Å². The van der Waals surface area contributed by atoms with Crippen LogP contribution in [0.15, 0.2) is 12.2 Å². The fourth-order valence-electron chi connectivity index (χ4n) is 0.847. The van der Waals surface area contributed by atoms with E-state index in [4.69, 9.17) is 9.29 Å². The average molecular weight is 330 g/mol. The molecule has 0 aliphatic carbocycles. The number of ether oxygens (including phenoxy) is 2. The first kappa shape index (κ1) is 19.4. The summed E-state index contributed by atoms with van der Waals surface area (Å²) in [5.41, 5.74) is -1.41. The van der Waals surface area contributed by atoms with Crippen molar-refractivity contribution in [2.24, 2.45) is 5.41 Å². The summed E-state index contributed by atoms with van der Waals surface area (Å²) in [5, 5.41) is -4.62. The molecule has 0 rings (SSSR count). The highest BCUT2D eigenvalue weighted by atomic mass is 32.2. The van der Waals surface area contributed by atoms with Crippen LogP contribution in [0.25, 0.3) is 0 Å². The first-order chi connectivity index (χ1) is 9.21. The van der Waals surface area contributed by atoms with Gasteiger partial charge in [0.1, 0.15) is 6.61 Å². The van der Waals surface area contributed by atoms with Gasteiger partial charge in [0.2, 0.25) is 0 Å². The van der Waals surface area contributed by atoms with E-state index < -0.39 is 45.9 Å². The molecule has 0 radical (unpaired) electrons. The van der Waals surface area contributed by atoms with Gasteiger partial charge in [-0.1, -0.05) is 6.58 Å². The second-order valence-corrected chi connectivity index (χ2v) is 6.48. The Balaban J connectivity index is 4.65. The molecule has 7 nitrogen and oxygen atoms in total. The number of carbonyl (C=O) groups excluding carboxylic acids is 2. The zero-order valence-electron chi connectivity index (χ0n) is 11.7. The van der Waals surface area contributed by atoms with Crippen LogP contribution in [0.4, 0.5) is 8.78 Å². The third-order valence-electron chi connectivity index (χ3n) is 2.21. The van der Waals surface area contributed by atoms with E-state index in [1.807, 2.05) is 0 Å². The highest BCUT2D eigenvalue weighted by Gasteiger charge is 2.46. The molecule has 0 spiro atoms. The van der Waals surface area contributed by atoms with Crippen molar-refractivity contribution in [2.45, 2.75) is 26.0 Å². The number of hydrogen-bond acceptors (Lipinski definition) is 6. The van der Waals surface area contributed by atoms with Gasteiger partial charge in [-0.25, -0.2) is 4.79 Å². The molecule has 0 aromatic rings. The molecular weight excluding hydrogens is 314 g/mol. The maximum atomic E-state index is 12.9. The third kappa shape index (κ3) is 5.76. The van der Waals surface area contributed by atoms with Gasteiger partial charge < -0.3 is 9.47 Å². The highest BCUT2D eigenvalue weighted by Crippen LogP contribution is 2.24. The van der Waals surface area contributed by atoms with Crippen LogP contribution in [0.2, 0.25) is 0 Å². The van der Waals surface area contributed by atoms with Gasteiger partial charge in [-0.3, -0.25) is 9.35 Å². The number of hydrogen-bond donors (Lipinski definition) is 1. The first-order valence-electron chi connectivity index (χ1n) is 5.55. The lowest BCUT2D eigenvalue weighted by Gasteiger charge is -2.23. The average Bonchev–Trinajstić information content (AvgIpc) is 2.31. The number of alkyl halides is 2. The van der Waals surface area contributed by atoms with Crippen LogP contribution in [0.5, 0.6) is 0 Å². The van der Waals surface area contributed by atoms with E-state index in [2.05, 4.69) is 11.3 Å². The Hall–Kier alpha value is -1.55. The summed E-state index contributed by atoms with van der Waals surface area (Å²) in [6.45, 7) is 4.85. The monoisotopic (exact) mass is 330 g/mol. The van der Waals surface area contributed by atoms with E-state index in [0.29, 0.717) is 0 Å². The Morgan fingerprint density at radius 1 is 1.19 bits per heavy atom. The predicted octanol–water partition coefficient (Wildman–Crippen LogP) is 1.16. The Labute approximate surface area is 120 Å². The fraction of sp³-hybridized carbons (Fsp3) is 0.636. The fourth-order valence-corrected chi connectivity index (χ4v) is 1.06. The molecule has 0 unspecified atom stereocenters. The van der Waals surface area contributed by atoms with Crippen LogP contribution < -0.4 is 0 Å². The van der Waals surface area contributed by atoms with Crippen molar-refractivity contribution in [2.75, 3.05) is 13.2 Å². The smallest absolute Gasteiger partial charge is 0.402 e. The second-order valence-electron chi connectivity index (χ2n) is 4.93. The number of carbonyl (C=O) groups is 2. The maximum Gasteiger partial charge on any atom is 0.402 e. The molecule has 1 N–H and O–H groups in total. The van der Waals surface area contributed by atoms with Gasteiger partial charge in [-0.05, 0) is 20.8 Å². The summed E-state index contributed by atoms with van der Waals surface area (Å²) in [5.74, 6) is -2.00. The normalized spacial score (nSPS) is 12.7. The van der Waals surface area contributed by atoms with Crippen molar-refractivity contribution in [1.82, 2.24) is 0 Å². The predicted molar refractivity (Wildman–Crippen MR) is 67.0 cm³/mol. The zero-order valence-corrected chi connectivity index (χ0v) is 12.5. The second kappa shape index (κ2) is 6.48. The summed E-state index contributed by atoms with van der Waals surface area (Å²) in [6, 6.07) is 0. The molecule has 0 bridgehead atoms. The van der Waals surface area contributed by atoms with E-state index >= 15 is 0 Å². The van der Waals surface area contributed by atoms with E-state index in [1.165, 1.54) is 20.8 Å². The lowest BCUT2D eigenvalue weighted by Crippen LogP contribution is -2.39. The van der Waals surface area contributed by atoms with Crippen molar-refractivity contribution in [3.63, 3.8) is 0 Å². The van der Waals surface area contributed by atoms with Gasteiger partial charge in [-0.15, -0.1) is 0 Å². The van der Waals surface area contributed by atoms with Crippen molar-refractivity contribution in [1.29, 1.82) is 0 Å². The van der Waals surface area contributed by atoms with Gasteiger partial charge in [0.25, 0.3) is 0 Å².